The molecule has 1 amide bonds. The molecule has 0 atom stereocenters. The average molecular weight is 486 g/mol. The topological polar surface area (TPSA) is 82.0 Å². The molecule has 1 aromatic heterocycles. The third kappa shape index (κ3) is 3.86. The molecule has 1 N–H and O–H groups in total. The van der Waals surface area contributed by atoms with Gasteiger partial charge in [-0.15, -0.1) is 0 Å². The molecule has 0 unspecified atom stereocenters. The number of hydrogen-bond acceptors (Lipinski definition) is 7. The Labute approximate surface area is 211 Å². The van der Waals surface area contributed by atoms with Crippen molar-refractivity contribution in [1.29, 1.82) is 0 Å². The van der Waals surface area contributed by atoms with Crippen molar-refractivity contribution in [3.8, 4) is 5.75 Å². The van der Waals surface area contributed by atoms with E-state index in [-0.39, 0.29) is 12.0 Å². The van der Waals surface area contributed by atoms with Crippen LogP contribution in [0, 0.1) is 0 Å². The summed E-state index contributed by atoms with van der Waals surface area (Å²) < 4.78 is 6.03. The van der Waals surface area contributed by atoms with Gasteiger partial charge in [-0.2, -0.15) is 0 Å². The van der Waals surface area contributed by atoms with Crippen LogP contribution in [0.4, 0.5) is 22.9 Å². The van der Waals surface area contributed by atoms with Crippen molar-refractivity contribution in [2.75, 3.05) is 48.0 Å². The maximum absolute atomic E-state index is 13.2. The quantitative estimate of drug-likeness (QED) is 0.590. The zero-order valence-corrected chi connectivity index (χ0v) is 20.8. The molecule has 2 aromatic carbocycles. The first kappa shape index (κ1) is 22.8. The summed E-state index contributed by atoms with van der Waals surface area (Å²) in [5.41, 5.74) is 5.73. The van der Waals surface area contributed by atoms with Gasteiger partial charge in [0.15, 0.2) is 5.82 Å². The molecule has 8 heteroatoms. The second kappa shape index (κ2) is 9.09. The van der Waals surface area contributed by atoms with Gasteiger partial charge >= 0.3 is 0 Å². The minimum Gasteiger partial charge on any atom is -0.494 e. The molecule has 3 aliphatic heterocycles. The molecule has 1 fully saturated rings. The van der Waals surface area contributed by atoms with E-state index in [0.717, 1.165) is 73.1 Å². The molecule has 3 aliphatic rings. The van der Waals surface area contributed by atoms with Crippen LogP contribution < -0.4 is 19.4 Å². The predicted molar refractivity (Wildman–Crippen MR) is 140 cm³/mol. The van der Waals surface area contributed by atoms with E-state index in [2.05, 4.69) is 39.0 Å². The highest BCUT2D eigenvalue weighted by atomic mass is 16.5. The van der Waals surface area contributed by atoms with Crippen LogP contribution in [0.15, 0.2) is 42.6 Å². The number of para-hydroxylation sites is 1. The summed E-state index contributed by atoms with van der Waals surface area (Å²) in [5, 5.41) is 9.86. The number of aliphatic hydroxyl groups is 1. The third-order valence-electron chi connectivity index (χ3n) is 7.48. The smallest absolute Gasteiger partial charge is 0.260 e. The van der Waals surface area contributed by atoms with Crippen LogP contribution in [0.1, 0.15) is 47.1 Å². The number of benzene rings is 2. The number of carbonyl (C=O) groups is 1. The van der Waals surface area contributed by atoms with Gasteiger partial charge in [0.05, 0.1) is 30.2 Å². The first-order valence-electron chi connectivity index (χ1n) is 12.8. The summed E-state index contributed by atoms with van der Waals surface area (Å²) in [4.78, 5) is 29.0. The fraction of sp³-hybridized carbons (Fsp3) is 0.393. The Kier molecular flexibility index (Phi) is 5.76. The number of nitrogens with zero attached hydrogens (tertiary/aromatic N) is 5. The summed E-state index contributed by atoms with van der Waals surface area (Å²) in [6.07, 6.45) is 4.56. The van der Waals surface area contributed by atoms with Crippen molar-refractivity contribution in [3.63, 3.8) is 0 Å². The molecule has 0 aliphatic carbocycles. The van der Waals surface area contributed by atoms with Gasteiger partial charge in [-0.3, -0.25) is 4.79 Å². The second-order valence-corrected chi connectivity index (χ2v) is 9.69. The molecule has 36 heavy (non-hydrogen) atoms. The summed E-state index contributed by atoms with van der Waals surface area (Å²) in [7, 11) is 1.79. The third-order valence-corrected chi connectivity index (χ3v) is 7.48. The molecule has 0 spiro atoms. The largest absolute Gasteiger partial charge is 0.494 e. The lowest BCUT2D eigenvalue weighted by Gasteiger charge is -2.32. The van der Waals surface area contributed by atoms with Crippen LogP contribution in [0.25, 0.3) is 0 Å². The second-order valence-electron chi connectivity index (χ2n) is 9.69. The van der Waals surface area contributed by atoms with Crippen molar-refractivity contribution in [3.05, 3.63) is 65.1 Å². The molecular weight excluding hydrogens is 454 g/mol. The van der Waals surface area contributed by atoms with Crippen LogP contribution in [-0.4, -0.2) is 60.4 Å². The normalized spacial score (nSPS) is 17.2. The number of piperidine rings is 1. The van der Waals surface area contributed by atoms with Gasteiger partial charge in [-0.05, 0) is 43.9 Å². The molecule has 1 saturated heterocycles. The Morgan fingerprint density at radius 2 is 1.97 bits per heavy atom. The van der Waals surface area contributed by atoms with Crippen molar-refractivity contribution < 1.29 is 14.6 Å². The molecule has 3 aromatic rings. The fourth-order valence-corrected chi connectivity index (χ4v) is 5.52. The van der Waals surface area contributed by atoms with E-state index in [1.165, 1.54) is 5.56 Å². The molecule has 8 nitrogen and oxygen atoms in total. The van der Waals surface area contributed by atoms with Crippen LogP contribution in [0.3, 0.4) is 0 Å². The number of carbonyl (C=O) groups excluding carboxylic acids is 1. The van der Waals surface area contributed by atoms with Gasteiger partial charge < -0.3 is 24.5 Å². The van der Waals surface area contributed by atoms with Crippen molar-refractivity contribution in [2.45, 2.75) is 38.7 Å². The van der Waals surface area contributed by atoms with Crippen LogP contribution in [0.5, 0.6) is 5.75 Å². The summed E-state index contributed by atoms with van der Waals surface area (Å²) in [6, 6.07) is 12.3. The Morgan fingerprint density at radius 3 is 2.78 bits per heavy atom. The standard InChI is InChI=1S/C28H31N5O3/c1-3-36-24-16-20(32-12-10-21(34)11-13-32)8-7-19(24)15-25-29-17-23-27(30-25)33-14-9-18-5-4-6-22(26(18)33)28(35)31(23)2/h4-8,16-17,21,34H,3,9-15H2,1-2H3. The maximum Gasteiger partial charge on any atom is 0.260 e. The number of aliphatic hydroxyl groups excluding tert-OH is 1. The van der Waals surface area contributed by atoms with Gasteiger partial charge in [-0.1, -0.05) is 18.2 Å². The Bertz CT molecular complexity index is 1320. The highest BCUT2D eigenvalue weighted by Crippen LogP contribution is 2.44. The minimum absolute atomic E-state index is 0.0340. The first-order chi connectivity index (χ1) is 17.5. The van der Waals surface area contributed by atoms with E-state index in [4.69, 9.17) is 9.72 Å². The van der Waals surface area contributed by atoms with Gasteiger partial charge in [0.25, 0.3) is 5.91 Å². The first-order valence-corrected chi connectivity index (χ1v) is 12.8. The van der Waals surface area contributed by atoms with Crippen LogP contribution >= 0.6 is 0 Å². The van der Waals surface area contributed by atoms with Gasteiger partial charge in [-0.25, -0.2) is 9.97 Å². The van der Waals surface area contributed by atoms with Crippen molar-refractivity contribution >= 4 is 28.8 Å². The number of ether oxygens (including phenoxy) is 1. The average Bonchev–Trinajstić information content (AvgIpc) is 3.30. The highest BCUT2D eigenvalue weighted by molar-refractivity contribution is 6.14. The number of rotatable bonds is 5. The molecule has 0 radical (unpaired) electrons. The zero-order valence-electron chi connectivity index (χ0n) is 20.8. The molecule has 0 saturated carbocycles. The zero-order chi connectivity index (χ0) is 24.8. The number of aromatic nitrogens is 2. The number of hydrogen-bond donors (Lipinski definition) is 1. The lowest BCUT2D eigenvalue weighted by Crippen LogP contribution is -2.35. The van der Waals surface area contributed by atoms with E-state index >= 15 is 0 Å². The fourth-order valence-electron chi connectivity index (χ4n) is 5.52. The number of anilines is 4. The molecule has 4 heterocycles. The SMILES string of the molecule is CCOc1cc(N2CCC(O)CC2)ccc1Cc1ncc2c(n1)N1CCc3cccc(c31)C(=O)N2C. The Balaban J connectivity index is 1.33. The maximum atomic E-state index is 13.2. The van der Waals surface area contributed by atoms with E-state index in [1.54, 1.807) is 18.1 Å². The lowest BCUT2D eigenvalue weighted by molar-refractivity contribution is 0.0994. The van der Waals surface area contributed by atoms with Gasteiger partial charge in [0.1, 0.15) is 17.3 Å². The van der Waals surface area contributed by atoms with E-state index in [0.29, 0.717) is 24.4 Å². The summed E-state index contributed by atoms with van der Waals surface area (Å²) in [6.45, 7) is 5.03. The Hall–Kier alpha value is -3.65. The predicted octanol–water partition coefficient (Wildman–Crippen LogP) is 3.71. The summed E-state index contributed by atoms with van der Waals surface area (Å²) >= 11 is 0. The summed E-state index contributed by atoms with van der Waals surface area (Å²) in [5.74, 6) is 2.27. The highest BCUT2D eigenvalue weighted by Gasteiger charge is 2.35. The molecule has 0 bridgehead atoms. The number of amides is 1. The van der Waals surface area contributed by atoms with E-state index < -0.39 is 0 Å². The lowest BCUT2D eigenvalue weighted by atomic mass is 10.1. The van der Waals surface area contributed by atoms with E-state index in [1.807, 2.05) is 19.1 Å². The molecular formula is C28H31N5O3. The van der Waals surface area contributed by atoms with Crippen LogP contribution in [0.2, 0.25) is 0 Å². The minimum atomic E-state index is -0.203. The van der Waals surface area contributed by atoms with Crippen LogP contribution in [-0.2, 0) is 12.8 Å². The van der Waals surface area contributed by atoms with Gasteiger partial charge in [0, 0.05) is 50.4 Å². The van der Waals surface area contributed by atoms with Crippen molar-refractivity contribution in [2.24, 2.45) is 0 Å². The molecule has 186 valence electrons. The molecule has 6 rings (SSSR count). The monoisotopic (exact) mass is 485 g/mol. The number of fused-ring (bicyclic) bond motifs is 2. The Morgan fingerprint density at radius 1 is 1.14 bits per heavy atom. The van der Waals surface area contributed by atoms with Crippen molar-refractivity contribution in [1.82, 2.24) is 9.97 Å². The van der Waals surface area contributed by atoms with E-state index in [9.17, 15) is 9.90 Å². The van der Waals surface area contributed by atoms with Gasteiger partial charge in [0.2, 0.25) is 0 Å².